The third-order valence-electron chi connectivity index (χ3n) is 6.23. The average molecular weight is 600 g/mol. The zero-order valence-electron chi connectivity index (χ0n) is 24.3. The fourth-order valence-corrected chi connectivity index (χ4v) is 5.82. The number of rotatable bonds is 11. The van der Waals surface area contributed by atoms with Gasteiger partial charge in [0.1, 0.15) is 18.3 Å². The fourth-order valence-electron chi connectivity index (χ4n) is 4.18. The number of anilines is 1. The predicted molar refractivity (Wildman–Crippen MR) is 163 cm³/mol. The zero-order valence-corrected chi connectivity index (χ0v) is 25.9. The van der Waals surface area contributed by atoms with Crippen molar-refractivity contribution in [1.29, 1.82) is 0 Å². The number of aryl methyl sites for hydroxylation is 1. The minimum Gasteiger partial charge on any atom is -0.492 e. The van der Waals surface area contributed by atoms with Crippen LogP contribution in [0.15, 0.2) is 77.7 Å². The summed E-state index contributed by atoms with van der Waals surface area (Å²) in [5, 5.41) is 3.40. The van der Waals surface area contributed by atoms with Crippen LogP contribution in [0, 0.1) is 6.92 Å². The van der Waals surface area contributed by atoms with E-state index in [0.29, 0.717) is 22.9 Å². The van der Waals surface area contributed by atoms with E-state index in [-0.39, 0.29) is 23.0 Å². The van der Waals surface area contributed by atoms with E-state index < -0.39 is 34.1 Å². The standard InChI is InChI=1S/C31H38ClN3O5S/c1-7-40-28-14-9-8-13-27(28)35(41(38,39)26-17-15-22(2)16-18-26)21-29(36)34(20-24-11-10-12-25(32)19-24)23(3)30(37)33-31(4,5)6/h8-19,23H,7,20-21H2,1-6H3,(H,33,37)/t23-/m0/s1. The average Bonchev–Trinajstić information content (AvgIpc) is 2.90. The monoisotopic (exact) mass is 599 g/mol. The topological polar surface area (TPSA) is 96.0 Å². The summed E-state index contributed by atoms with van der Waals surface area (Å²) in [4.78, 5) is 28.7. The number of amides is 2. The highest BCUT2D eigenvalue weighted by atomic mass is 35.5. The molecular formula is C31H38ClN3O5S. The number of nitrogens with one attached hydrogen (secondary N) is 1. The smallest absolute Gasteiger partial charge is 0.264 e. The lowest BCUT2D eigenvalue weighted by Crippen LogP contribution is -2.54. The molecule has 3 aromatic rings. The summed E-state index contributed by atoms with van der Waals surface area (Å²) < 4.78 is 34.9. The number of para-hydroxylation sites is 2. The van der Waals surface area contributed by atoms with Crippen LogP contribution in [0.5, 0.6) is 5.75 Å². The molecule has 3 rings (SSSR count). The van der Waals surface area contributed by atoms with E-state index >= 15 is 0 Å². The maximum atomic E-state index is 14.1. The van der Waals surface area contributed by atoms with Crippen LogP contribution in [0.3, 0.4) is 0 Å². The predicted octanol–water partition coefficient (Wildman–Crippen LogP) is 5.57. The van der Waals surface area contributed by atoms with Gasteiger partial charge in [-0.15, -0.1) is 0 Å². The molecule has 0 heterocycles. The molecule has 1 N–H and O–H groups in total. The second kappa shape index (κ2) is 13.4. The Morgan fingerprint density at radius 1 is 1.00 bits per heavy atom. The van der Waals surface area contributed by atoms with Gasteiger partial charge in [-0.3, -0.25) is 13.9 Å². The SMILES string of the molecule is CCOc1ccccc1N(CC(=O)N(Cc1cccc(Cl)c1)[C@@H](C)C(=O)NC(C)(C)C)S(=O)(=O)c1ccc(C)cc1. The molecule has 0 bridgehead atoms. The van der Waals surface area contributed by atoms with Crippen molar-refractivity contribution in [3.8, 4) is 5.75 Å². The molecule has 41 heavy (non-hydrogen) atoms. The minimum atomic E-state index is -4.21. The van der Waals surface area contributed by atoms with Gasteiger partial charge in [0.2, 0.25) is 11.8 Å². The number of ether oxygens (including phenoxy) is 1. The first-order valence-electron chi connectivity index (χ1n) is 13.4. The number of halogens is 1. The van der Waals surface area contributed by atoms with Crippen molar-refractivity contribution in [2.75, 3.05) is 17.5 Å². The third-order valence-corrected chi connectivity index (χ3v) is 8.24. The molecule has 0 aliphatic carbocycles. The fraction of sp³-hybridized carbons (Fsp3) is 0.355. The number of nitrogens with zero attached hydrogens (tertiary/aromatic N) is 2. The van der Waals surface area contributed by atoms with Crippen molar-refractivity contribution in [2.45, 2.75) is 64.6 Å². The lowest BCUT2D eigenvalue weighted by atomic mass is 10.1. The Morgan fingerprint density at radius 2 is 1.66 bits per heavy atom. The normalized spacial score (nSPS) is 12.4. The molecule has 0 unspecified atom stereocenters. The van der Waals surface area contributed by atoms with Crippen LogP contribution in [0.4, 0.5) is 5.69 Å². The lowest BCUT2D eigenvalue weighted by Gasteiger charge is -2.33. The van der Waals surface area contributed by atoms with Gasteiger partial charge in [0.15, 0.2) is 0 Å². The first kappa shape index (κ1) is 32.0. The van der Waals surface area contributed by atoms with E-state index in [1.807, 2.05) is 27.7 Å². The largest absolute Gasteiger partial charge is 0.492 e. The summed E-state index contributed by atoms with van der Waals surface area (Å²) in [6, 6.07) is 19.2. The van der Waals surface area contributed by atoms with Gasteiger partial charge >= 0.3 is 0 Å². The molecule has 0 aliphatic rings. The Morgan fingerprint density at radius 3 is 2.27 bits per heavy atom. The molecule has 0 aliphatic heterocycles. The van der Waals surface area contributed by atoms with E-state index in [1.54, 1.807) is 74.5 Å². The van der Waals surface area contributed by atoms with Crippen molar-refractivity contribution in [3.05, 3.63) is 88.9 Å². The molecule has 2 amide bonds. The van der Waals surface area contributed by atoms with Gasteiger partial charge < -0.3 is 15.0 Å². The Labute approximate surface area is 248 Å². The minimum absolute atomic E-state index is 0.0297. The van der Waals surface area contributed by atoms with Gasteiger partial charge in [0, 0.05) is 17.1 Å². The summed E-state index contributed by atoms with van der Waals surface area (Å²) in [6.07, 6.45) is 0. The number of hydrogen-bond donors (Lipinski definition) is 1. The van der Waals surface area contributed by atoms with Crippen LogP contribution in [0.1, 0.15) is 45.7 Å². The van der Waals surface area contributed by atoms with E-state index in [1.165, 1.54) is 17.0 Å². The number of benzene rings is 3. The molecule has 0 saturated carbocycles. The van der Waals surface area contributed by atoms with Gasteiger partial charge in [-0.2, -0.15) is 0 Å². The van der Waals surface area contributed by atoms with E-state index in [9.17, 15) is 18.0 Å². The summed E-state index contributed by atoms with van der Waals surface area (Å²) in [7, 11) is -4.21. The number of hydrogen-bond acceptors (Lipinski definition) is 5. The van der Waals surface area contributed by atoms with Crippen LogP contribution in [-0.4, -0.2) is 49.9 Å². The highest BCUT2D eigenvalue weighted by molar-refractivity contribution is 7.92. The molecule has 10 heteroatoms. The van der Waals surface area contributed by atoms with Crippen molar-refractivity contribution >= 4 is 39.1 Å². The molecule has 1 atom stereocenters. The summed E-state index contributed by atoms with van der Waals surface area (Å²) in [5.74, 6) is -0.613. The van der Waals surface area contributed by atoms with Gasteiger partial charge in [0.25, 0.3) is 10.0 Å². The molecule has 0 aromatic heterocycles. The van der Waals surface area contributed by atoms with E-state index in [0.717, 1.165) is 9.87 Å². The van der Waals surface area contributed by atoms with Crippen LogP contribution in [0.25, 0.3) is 0 Å². The maximum Gasteiger partial charge on any atom is 0.264 e. The zero-order chi connectivity index (χ0) is 30.4. The molecule has 0 saturated heterocycles. The highest BCUT2D eigenvalue weighted by Crippen LogP contribution is 2.33. The molecule has 8 nitrogen and oxygen atoms in total. The van der Waals surface area contributed by atoms with Gasteiger partial charge in [-0.1, -0.05) is 53.6 Å². The number of sulfonamides is 1. The van der Waals surface area contributed by atoms with Gasteiger partial charge in [-0.25, -0.2) is 8.42 Å². The van der Waals surface area contributed by atoms with Crippen LogP contribution in [-0.2, 0) is 26.2 Å². The second-order valence-corrected chi connectivity index (χ2v) is 13.1. The van der Waals surface area contributed by atoms with Crippen molar-refractivity contribution in [1.82, 2.24) is 10.2 Å². The molecule has 220 valence electrons. The van der Waals surface area contributed by atoms with Crippen LogP contribution < -0.4 is 14.4 Å². The molecule has 0 radical (unpaired) electrons. The molecular weight excluding hydrogens is 562 g/mol. The number of carbonyl (C=O) groups excluding carboxylic acids is 2. The Bertz CT molecular complexity index is 1470. The van der Waals surface area contributed by atoms with E-state index in [2.05, 4.69) is 5.32 Å². The van der Waals surface area contributed by atoms with Crippen molar-refractivity contribution < 1.29 is 22.7 Å². The third kappa shape index (κ3) is 8.47. The van der Waals surface area contributed by atoms with Crippen molar-refractivity contribution in [2.24, 2.45) is 0 Å². The summed E-state index contributed by atoms with van der Waals surface area (Å²) in [5.41, 5.74) is 1.28. The second-order valence-electron chi connectivity index (χ2n) is 10.8. The highest BCUT2D eigenvalue weighted by Gasteiger charge is 2.34. The Kier molecular flexibility index (Phi) is 10.4. The maximum absolute atomic E-state index is 14.1. The van der Waals surface area contributed by atoms with Crippen molar-refractivity contribution in [3.63, 3.8) is 0 Å². The number of carbonyl (C=O) groups is 2. The molecule has 0 spiro atoms. The Hall–Kier alpha value is -3.56. The van der Waals surface area contributed by atoms with Gasteiger partial charge in [0.05, 0.1) is 17.2 Å². The molecule has 0 fully saturated rings. The quantitative estimate of drug-likeness (QED) is 0.311. The Balaban J connectivity index is 2.09. The first-order chi connectivity index (χ1) is 19.2. The van der Waals surface area contributed by atoms with Crippen LogP contribution >= 0.6 is 11.6 Å². The van der Waals surface area contributed by atoms with E-state index in [4.69, 9.17) is 16.3 Å². The lowest BCUT2D eigenvalue weighted by molar-refractivity contribution is -0.140. The molecule has 3 aromatic carbocycles. The first-order valence-corrected chi connectivity index (χ1v) is 15.2. The van der Waals surface area contributed by atoms with Crippen LogP contribution in [0.2, 0.25) is 5.02 Å². The summed E-state index contributed by atoms with van der Waals surface area (Å²) in [6.45, 7) is 10.6. The summed E-state index contributed by atoms with van der Waals surface area (Å²) >= 11 is 6.20. The van der Waals surface area contributed by atoms with Gasteiger partial charge in [-0.05, 0) is 83.5 Å².